The molecule has 3 atom stereocenters. The van der Waals surface area contributed by atoms with E-state index < -0.39 is 23.8 Å². The fraction of sp³-hybridized carbons (Fsp3) is 0.565. The summed E-state index contributed by atoms with van der Waals surface area (Å²) in [6.07, 6.45) is 1.33. The number of rotatable bonds is 3. The highest BCUT2D eigenvalue weighted by Crippen LogP contribution is 2.38. The first-order valence-corrected chi connectivity index (χ1v) is 10.9. The van der Waals surface area contributed by atoms with E-state index in [9.17, 15) is 19.2 Å². The highest BCUT2D eigenvalue weighted by Gasteiger charge is 2.45. The van der Waals surface area contributed by atoms with E-state index in [4.69, 9.17) is 5.73 Å². The minimum atomic E-state index is -0.949. The van der Waals surface area contributed by atoms with Crippen molar-refractivity contribution in [3.8, 4) is 0 Å². The number of hydrogen-bond acceptors (Lipinski definition) is 6. The summed E-state index contributed by atoms with van der Waals surface area (Å²) in [5.74, 6) is -1.11. The van der Waals surface area contributed by atoms with Crippen LogP contribution in [0.5, 0.6) is 0 Å². The van der Waals surface area contributed by atoms with Crippen LogP contribution in [0.15, 0.2) is 18.2 Å². The Bertz CT molecular complexity index is 951. The molecule has 3 aliphatic heterocycles. The molecule has 1 aromatic rings. The lowest BCUT2D eigenvalue weighted by Gasteiger charge is -2.44. The van der Waals surface area contributed by atoms with Crippen LogP contribution in [0.4, 0.5) is 5.69 Å². The van der Waals surface area contributed by atoms with E-state index in [0.717, 1.165) is 30.1 Å². The summed E-state index contributed by atoms with van der Waals surface area (Å²) in [5, 5.41) is 2.22. The third-order valence-electron chi connectivity index (χ3n) is 6.88. The van der Waals surface area contributed by atoms with Crippen molar-refractivity contribution in [2.45, 2.75) is 46.1 Å². The van der Waals surface area contributed by atoms with Gasteiger partial charge in [0.25, 0.3) is 11.8 Å². The highest BCUT2D eigenvalue weighted by molar-refractivity contribution is 6.23. The van der Waals surface area contributed by atoms with Crippen LogP contribution in [0.25, 0.3) is 0 Å². The zero-order chi connectivity index (χ0) is 22.5. The molecule has 0 spiro atoms. The number of amides is 4. The first-order chi connectivity index (χ1) is 14.6. The average molecular weight is 427 g/mol. The third-order valence-corrected chi connectivity index (χ3v) is 6.88. The van der Waals surface area contributed by atoms with Crippen LogP contribution in [-0.4, -0.2) is 54.2 Å². The van der Waals surface area contributed by atoms with E-state index in [1.54, 1.807) is 12.1 Å². The van der Waals surface area contributed by atoms with Gasteiger partial charge in [0.1, 0.15) is 6.04 Å². The minimum absolute atomic E-state index is 0.109. The van der Waals surface area contributed by atoms with Gasteiger partial charge in [-0.25, -0.2) is 0 Å². The molecule has 3 heterocycles. The van der Waals surface area contributed by atoms with Crippen LogP contribution in [-0.2, 0) is 9.59 Å². The van der Waals surface area contributed by atoms with Crippen molar-refractivity contribution in [3.63, 3.8) is 0 Å². The Morgan fingerprint density at radius 2 is 1.77 bits per heavy atom. The second kappa shape index (κ2) is 7.75. The van der Waals surface area contributed by atoms with Gasteiger partial charge in [0, 0.05) is 25.2 Å². The number of carbonyl (C=O) groups excluding carboxylic acids is 4. The number of piperidine rings is 2. The number of fused-ring (bicyclic) bond motifs is 1. The maximum Gasteiger partial charge on any atom is 0.262 e. The van der Waals surface area contributed by atoms with E-state index in [1.165, 1.54) is 0 Å². The molecule has 8 nitrogen and oxygen atoms in total. The zero-order valence-electron chi connectivity index (χ0n) is 18.3. The Morgan fingerprint density at radius 1 is 1.06 bits per heavy atom. The van der Waals surface area contributed by atoms with E-state index >= 15 is 0 Å². The lowest BCUT2D eigenvalue weighted by molar-refractivity contribution is -0.136. The summed E-state index contributed by atoms with van der Waals surface area (Å²) in [6.45, 7) is 8.97. The summed E-state index contributed by atoms with van der Waals surface area (Å²) < 4.78 is 0. The molecule has 31 heavy (non-hydrogen) atoms. The molecule has 1 unspecified atom stereocenters. The molecule has 4 rings (SSSR count). The van der Waals surface area contributed by atoms with E-state index in [1.807, 2.05) is 6.07 Å². The maximum absolute atomic E-state index is 13.1. The molecule has 0 radical (unpaired) electrons. The first kappa shape index (κ1) is 21.5. The van der Waals surface area contributed by atoms with Crippen LogP contribution < -0.4 is 16.0 Å². The van der Waals surface area contributed by atoms with Crippen LogP contribution in [0, 0.1) is 17.3 Å². The van der Waals surface area contributed by atoms with E-state index in [2.05, 4.69) is 31.0 Å². The predicted octanol–water partition coefficient (Wildman–Crippen LogP) is 1.54. The second-order valence-corrected chi connectivity index (χ2v) is 9.98. The molecular formula is C23H30N4O4. The molecule has 1 aromatic carbocycles. The van der Waals surface area contributed by atoms with Gasteiger partial charge in [-0.2, -0.15) is 0 Å². The fourth-order valence-corrected chi connectivity index (χ4v) is 4.87. The summed E-state index contributed by atoms with van der Waals surface area (Å²) >= 11 is 0. The third kappa shape index (κ3) is 3.84. The molecule has 2 saturated heterocycles. The number of hydrogen-bond donors (Lipinski definition) is 2. The lowest BCUT2D eigenvalue weighted by atomic mass is 9.73. The second-order valence-electron chi connectivity index (χ2n) is 9.98. The van der Waals surface area contributed by atoms with Gasteiger partial charge >= 0.3 is 0 Å². The number of benzene rings is 1. The standard InChI is InChI=1S/C23H30N4O4/c1-23(2,3)14-8-13(10-24)11-26(12-14)15-4-5-16-17(9-15)22(31)27(21(16)30)18-6-7-19(28)25-20(18)29/h4-5,9,13-14,18H,6-8,10-12,24H2,1-3H3,(H,25,28,29)/t13-,14-,18?/m1/s1. The van der Waals surface area contributed by atoms with Gasteiger partial charge in [0.05, 0.1) is 11.1 Å². The van der Waals surface area contributed by atoms with Gasteiger partial charge < -0.3 is 10.6 Å². The van der Waals surface area contributed by atoms with Gasteiger partial charge in [-0.05, 0) is 54.8 Å². The van der Waals surface area contributed by atoms with Crippen molar-refractivity contribution in [1.82, 2.24) is 10.2 Å². The first-order valence-electron chi connectivity index (χ1n) is 10.9. The molecule has 166 valence electrons. The Labute approximate surface area is 182 Å². The Hall–Kier alpha value is -2.74. The van der Waals surface area contributed by atoms with Gasteiger partial charge in [-0.15, -0.1) is 0 Å². The highest BCUT2D eigenvalue weighted by atomic mass is 16.2. The molecule has 0 aromatic heterocycles. The van der Waals surface area contributed by atoms with Gasteiger partial charge in [0.15, 0.2) is 0 Å². The van der Waals surface area contributed by atoms with Crippen LogP contribution in [0.1, 0.15) is 60.7 Å². The Kier molecular flexibility index (Phi) is 5.37. The predicted molar refractivity (Wildman–Crippen MR) is 115 cm³/mol. The number of anilines is 1. The molecule has 2 fully saturated rings. The number of imide groups is 2. The maximum atomic E-state index is 13.1. The zero-order valence-corrected chi connectivity index (χ0v) is 18.3. The molecule has 8 heteroatoms. The largest absolute Gasteiger partial charge is 0.371 e. The minimum Gasteiger partial charge on any atom is -0.371 e. The van der Waals surface area contributed by atoms with Crippen LogP contribution in [0.3, 0.4) is 0 Å². The number of nitrogens with one attached hydrogen (secondary N) is 1. The number of nitrogens with zero attached hydrogens (tertiary/aromatic N) is 2. The summed E-state index contributed by atoms with van der Waals surface area (Å²) in [7, 11) is 0. The Morgan fingerprint density at radius 3 is 2.42 bits per heavy atom. The van der Waals surface area contributed by atoms with Crippen molar-refractivity contribution >= 4 is 29.3 Å². The fourth-order valence-electron chi connectivity index (χ4n) is 4.87. The molecule has 0 saturated carbocycles. The average Bonchev–Trinajstić information content (AvgIpc) is 2.97. The van der Waals surface area contributed by atoms with Gasteiger partial charge in [-0.1, -0.05) is 20.8 Å². The lowest BCUT2D eigenvalue weighted by Crippen LogP contribution is -2.54. The molecular weight excluding hydrogens is 396 g/mol. The van der Waals surface area contributed by atoms with Crippen LogP contribution in [0.2, 0.25) is 0 Å². The number of nitrogens with two attached hydrogens (primary N) is 1. The van der Waals surface area contributed by atoms with E-state index in [0.29, 0.717) is 29.5 Å². The molecule has 4 amide bonds. The van der Waals surface area contributed by atoms with Crippen molar-refractivity contribution in [3.05, 3.63) is 29.3 Å². The van der Waals surface area contributed by atoms with Crippen LogP contribution >= 0.6 is 0 Å². The van der Waals surface area contributed by atoms with Gasteiger partial charge in [0.2, 0.25) is 11.8 Å². The summed E-state index contributed by atoms with van der Waals surface area (Å²) in [6, 6.07) is 4.36. The Balaban J connectivity index is 1.61. The normalized spacial score (nSPS) is 26.9. The van der Waals surface area contributed by atoms with Crippen molar-refractivity contribution in [1.29, 1.82) is 0 Å². The molecule has 3 N–H and O–H groups in total. The van der Waals surface area contributed by atoms with Gasteiger partial charge in [-0.3, -0.25) is 29.4 Å². The summed E-state index contributed by atoms with van der Waals surface area (Å²) in [4.78, 5) is 53.0. The monoisotopic (exact) mass is 426 g/mol. The topological polar surface area (TPSA) is 113 Å². The van der Waals surface area contributed by atoms with Crippen molar-refractivity contribution in [2.75, 3.05) is 24.5 Å². The molecule has 3 aliphatic rings. The molecule has 0 aliphatic carbocycles. The number of carbonyl (C=O) groups is 4. The smallest absolute Gasteiger partial charge is 0.262 e. The molecule has 0 bridgehead atoms. The SMILES string of the molecule is CC(C)(C)[C@@H]1C[C@H](CN)CN(c2ccc3c(c2)C(=O)N(C2CCC(=O)NC2=O)C3=O)C1. The van der Waals surface area contributed by atoms with Crippen molar-refractivity contribution < 1.29 is 19.2 Å². The van der Waals surface area contributed by atoms with E-state index in [-0.39, 0.29) is 24.2 Å². The summed E-state index contributed by atoms with van der Waals surface area (Å²) in [5.41, 5.74) is 7.65. The quantitative estimate of drug-likeness (QED) is 0.709. The van der Waals surface area contributed by atoms with Crippen molar-refractivity contribution in [2.24, 2.45) is 23.0 Å².